The molecule has 1 aliphatic heterocycles. The van der Waals surface area contributed by atoms with E-state index < -0.39 is 16.1 Å². The molecule has 0 amide bonds. The molecule has 23 heavy (non-hydrogen) atoms. The highest BCUT2D eigenvalue weighted by Crippen LogP contribution is 2.29. The lowest BCUT2D eigenvalue weighted by Gasteiger charge is -2.35. The van der Waals surface area contributed by atoms with E-state index in [2.05, 4.69) is 15.5 Å². The van der Waals surface area contributed by atoms with E-state index in [1.54, 1.807) is 19.1 Å². The van der Waals surface area contributed by atoms with Crippen LogP contribution in [0.5, 0.6) is 0 Å². The SMILES string of the molecule is Cc1[nH]ncc1S(=O)(=O)N1CCNCC1c1cccc(F)c1.Cl. The summed E-state index contributed by atoms with van der Waals surface area (Å²) in [5.41, 5.74) is 1.13. The summed E-state index contributed by atoms with van der Waals surface area (Å²) in [6.07, 6.45) is 1.31. The molecule has 6 nitrogen and oxygen atoms in total. The summed E-state index contributed by atoms with van der Waals surface area (Å²) >= 11 is 0. The molecule has 1 saturated heterocycles. The predicted octanol–water partition coefficient (Wildman–Crippen LogP) is 1.61. The standard InChI is InChI=1S/C14H17FN4O2S.ClH/c1-10-14(9-17-18-10)22(20,21)19-6-5-16-8-13(19)11-3-2-4-12(15)7-11;/h2-4,7,9,13,16H,5-6,8H2,1H3,(H,17,18);1H. The Kier molecular flexibility index (Phi) is 5.41. The summed E-state index contributed by atoms with van der Waals surface area (Å²) in [7, 11) is -3.68. The molecule has 1 atom stereocenters. The first-order valence-corrected chi connectivity index (χ1v) is 8.42. The zero-order valence-corrected chi connectivity index (χ0v) is 14.1. The van der Waals surface area contributed by atoms with Crippen LogP contribution in [0, 0.1) is 12.7 Å². The number of aromatic amines is 1. The van der Waals surface area contributed by atoms with Crippen LogP contribution < -0.4 is 5.32 Å². The van der Waals surface area contributed by atoms with E-state index in [1.807, 2.05) is 0 Å². The fourth-order valence-corrected chi connectivity index (χ4v) is 4.43. The molecule has 2 N–H and O–H groups in total. The minimum atomic E-state index is -3.68. The number of nitrogens with one attached hydrogen (secondary N) is 2. The first-order valence-electron chi connectivity index (χ1n) is 6.98. The second kappa shape index (κ2) is 6.96. The van der Waals surface area contributed by atoms with Crippen molar-refractivity contribution in [3.63, 3.8) is 0 Å². The van der Waals surface area contributed by atoms with Gasteiger partial charge in [0.25, 0.3) is 0 Å². The zero-order chi connectivity index (χ0) is 15.7. The highest BCUT2D eigenvalue weighted by atomic mass is 35.5. The Morgan fingerprint density at radius 2 is 2.17 bits per heavy atom. The molecule has 0 bridgehead atoms. The Hall–Kier alpha value is -1.48. The quantitative estimate of drug-likeness (QED) is 0.871. The average molecular weight is 361 g/mol. The number of H-pyrrole nitrogens is 1. The second-order valence-corrected chi connectivity index (χ2v) is 7.11. The van der Waals surface area contributed by atoms with E-state index in [-0.39, 0.29) is 23.1 Å². The molecule has 2 heterocycles. The van der Waals surface area contributed by atoms with Crippen molar-refractivity contribution in [1.29, 1.82) is 0 Å². The number of nitrogens with zero attached hydrogens (tertiary/aromatic N) is 2. The normalized spacial score (nSPS) is 19.3. The van der Waals surface area contributed by atoms with Gasteiger partial charge in [-0.05, 0) is 24.6 Å². The third kappa shape index (κ3) is 3.40. The molecule has 1 aromatic carbocycles. The van der Waals surface area contributed by atoms with Crippen molar-refractivity contribution in [2.24, 2.45) is 0 Å². The van der Waals surface area contributed by atoms with Crippen molar-refractivity contribution in [2.75, 3.05) is 19.6 Å². The number of rotatable bonds is 3. The highest BCUT2D eigenvalue weighted by Gasteiger charge is 2.35. The van der Waals surface area contributed by atoms with Crippen LogP contribution in [0.1, 0.15) is 17.3 Å². The fraction of sp³-hybridized carbons (Fsp3) is 0.357. The topological polar surface area (TPSA) is 78.1 Å². The molecule has 1 unspecified atom stereocenters. The van der Waals surface area contributed by atoms with Gasteiger partial charge in [0.15, 0.2) is 0 Å². The van der Waals surface area contributed by atoms with Crippen LogP contribution in [0.3, 0.4) is 0 Å². The van der Waals surface area contributed by atoms with Gasteiger partial charge >= 0.3 is 0 Å². The summed E-state index contributed by atoms with van der Waals surface area (Å²) < 4.78 is 40.7. The molecule has 2 aromatic rings. The van der Waals surface area contributed by atoms with Gasteiger partial charge < -0.3 is 5.32 Å². The minimum absolute atomic E-state index is 0. The highest BCUT2D eigenvalue weighted by molar-refractivity contribution is 7.89. The lowest BCUT2D eigenvalue weighted by atomic mass is 10.1. The monoisotopic (exact) mass is 360 g/mol. The van der Waals surface area contributed by atoms with E-state index in [1.165, 1.54) is 22.6 Å². The van der Waals surface area contributed by atoms with Crippen LogP contribution in [0.2, 0.25) is 0 Å². The van der Waals surface area contributed by atoms with Crippen molar-refractivity contribution in [3.05, 3.63) is 47.5 Å². The average Bonchev–Trinajstić information content (AvgIpc) is 2.94. The van der Waals surface area contributed by atoms with E-state index in [9.17, 15) is 12.8 Å². The molecule has 0 aliphatic carbocycles. The van der Waals surface area contributed by atoms with Crippen molar-refractivity contribution in [1.82, 2.24) is 19.8 Å². The Bertz CT molecular complexity index is 781. The molecule has 0 radical (unpaired) electrons. The van der Waals surface area contributed by atoms with Crippen LogP contribution in [-0.4, -0.2) is 42.6 Å². The molecule has 9 heteroatoms. The maximum absolute atomic E-state index is 13.5. The number of hydrogen-bond acceptors (Lipinski definition) is 4. The van der Waals surface area contributed by atoms with Gasteiger partial charge in [-0.1, -0.05) is 12.1 Å². The molecule has 1 aliphatic rings. The van der Waals surface area contributed by atoms with Crippen LogP contribution in [0.15, 0.2) is 35.4 Å². The summed E-state index contributed by atoms with van der Waals surface area (Å²) in [5, 5.41) is 9.60. The smallest absolute Gasteiger partial charge is 0.247 e. The molecule has 3 rings (SSSR count). The third-order valence-corrected chi connectivity index (χ3v) is 5.82. The van der Waals surface area contributed by atoms with Crippen LogP contribution in [-0.2, 0) is 10.0 Å². The lowest BCUT2D eigenvalue weighted by Crippen LogP contribution is -2.48. The molecule has 1 aromatic heterocycles. The summed E-state index contributed by atoms with van der Waals surface area (Å²) in [6, 6.07) is 5.61. The van der Waals surface area contributed by atoms with Crippen LogP contribution in [0.25, 0.3) is 0 Å². The summed E-state index contributed by atoms with van der Waals surface area (Å²) in [6.45, 7) is 2.99. The van der Waals surface area contributed by atoms with E-state index in [4.69, 9.17) is 0 Å². The van der Waals surface area contributed by atoms with Crippen molar-refractivity contribution < 1.29 is 12.8 Å². The first-order chi connectivity index (χ1) is 10.5. The number of hydrogen-bond donors (Lipinski definition) is 2. The van der Waals surface area contributed by atoms with Gasteiger partial charge in [0, 0.05) is 19.6 Å². The minimum Gasteiger partial charge on any atom is -0.313 e. The lowest BCUT2D eigenvalue weighted by molar-refractivity contribution is 0.271. The molecule has 0 spiro atoms. The van der Waals surface area contributed by atoms with Crippen molar-refractivity contribution in [3.8, 4) is 0 Å². The van der Waals surface area contributed by atoms with Crippen molar-refractivity contribution >= 4 is 22.4 Å². The summed E-state index contributed by atoms with van der Waals surface area (Å²) in [4.78, 5) is 0.163. The van der Waals surface area contributed by atoms with Gasteiger partial charge in [0.1, 0.15) is 10.7 Å². The molecular formula is C14H18ClFN4O2S. The van der Waals surface area contributed by atoms with Crippen LogP contribution in [0.4, 0.5) is 4.39 Å². The zero-order valence-electron chi connectivity index (χ0n) is 12.5. The number of aromatic nitrogens is 2. The van der Waals surface area contributed by atoms with Gasteiger partial charge in [-0.15, -0.1) is 12.4 Å². The third-order valence-electron chi connectivity index (χ3n) is 3.80. The Morgan fingerprint density at radius 1 is 1.39 bits per heavy atom. The van der Waals surface area contributed by atoms with E-state index in [0.717, 1.165) is 0 Å². The van der Waals surface area contributed by atoms with Gasteiger partial charge in [-0.3, -0.25) is 5.10 Å². The largest absolute Gasteiger partial charge is 0.313 e. The van der Waals surface area contributed by atoms with Gasteiger partial charge in [-0.25, -0.2) is 12.8 Å². The van der Waals surface area contributed by atoms with E-state index in [0.29, 0.717) is 30.9 Å². The number of sulfonamides is 1. The molecular weight excluding hydrogens is 343 g/mol. The van der Waals surface area contributed by atoms with Gasteiger partial charge in [-0.2, -0.15) is 9.40 Å². The first kappa shape index (κ1) is 17.9. The number of benzene rings is 1. The van der Waals surface area contributed by atoms with Crippen LogP contribution >= 0.6 is 12.4 Å². The van der Waals surface area contributed by atoms with E-state index >= 15 is 0 Å². The predicted molar refractivity (Wildman–Crippen MR) is 86.5 cm³/mol. The maximum Gasteiger partial charge on any atom is 0.247 e. The Balaban J connectivity index is 0.00000192. The number of halogens is 2. The summed E-state index contributed by atoms with van der Waals surface area (Å²) in [5.74, 6) is -0.375. The number of aryl methyl sites for hydroxylation is 1. The molecule has 0 saturated carbocycles. The fourth-order valence-electron chi connectivity index (χ4n) is 2.70. The maximum atomic E-state index is 13.5. The van der Waals surface area contributed by atoms with Gasteiger partial charge in [0.2, 0.25) is 10.0 Å². The second-order valence-electron chi connectivity index (χ2n) is 5.25. The Labute approximate surface area is 140 Å². The van der Waals surface area contributed by atoms with Gasteiger partial charge in [0.05, 0.1) is 17.9 Å². The Morgan fingerprint density at radius 3 is 2.83 bits per heavy atom. The number of piperazine rings is 1. The van der Waals surface area contributed by atoms with Crippen molar-refractivity contribution in [2.45, 2.75) is 17.9 Å². The molecule has 126 valence electrons. The molecule has 1 fully saturated rings.